The van der Waals surface area contributed by atoms with E-state index in [0.717, 1.165) is 6.92 Å². The van der Waals surface area contributed by atoms with Crippen molar-refractivity contribution in [1.82, 2.24) is 10.0 Å². The van der Waals surface area contributed by atoms with Crippen molar-refractivity contribution >= 4 is 56.6 Å². The predicted octanol–water partition coefficient (Wildman–Crippen LogP) is 1.95. The van der Waals surface area contributed by atoms with Crippen molar-refractivity contribution in [2.75, 3.05) is 5.32 Å². The van der Waals surface area contributed by atoms with E-state index >= 15 is 0 Å². The number of non-ortho nitro benzene ring substituents is 1. The lowest BCUT2D eigenvalue weighted by Crippen LogP contribution is -2.32. The molecule has 2 aromatic carbocycles. The number of nitrogens with one attached hydrogen (secondary N) is 3. The Morgan fingerprint density at radius 3 is 2.20 bits per heavy atom. The molecule has 0 aliphatic rings. The van der Waals surface area contributed by atoms with Gasteiger partial charge in [-0.3, -0.25) is 25.0 Å². The second-order valence-corrected chi connectivity index (χ2v) is 7.90. The van der Waals surface area contributed by atoms with Gasteiger partial charge in [-0.2, -0.15) is 0 Å². The number of hydrogen-bond acceptors (Lipinski definition) is 7. The number of rotatable bonds is 6. The van der Waals surface area contributed by atoms with Gasteiger partial charge in [-0.1, -0.05) is 0 Å². The maximum atomic E-state index is 11.9. The molecule has 10 nitrogen and oxygen atoms in total. The summed E-state index contributed by atoms with van der Waals surface area (Å²) < 4.78 is 25.6. The topological polar surface area (TPSA) is 148 Å². The lowest BCUT2D eigenvalue weighted by Gasteiger charge is -2.09. The molecule has 0 bridgehead atoms. The van der Waals surface area contributed by atoms with E-state index in [1.165, 1.54) is 60.7 Å². The van der Waals surface area contributed by atoms with Gasteiger partial charge < -0.3 is 5.32 Å². The zero-order valence-corrected chi connectivity index (χ0v) is 17.1. The van der Waals surface area contributed by atoms with Gasteiger partial charge >= 0.3 is 0 Å². The van der Waals surface area contributed by atoms with Gasteiger partial charge in [0.2, 0.25) is 11.8 Å². The van der Waals surface area contributed by atoms with E-state index in [-0.39, 0.29) is 15.7 Å². The van der Waals surface area contributed by atoms with Crippen LogP contribution in [0.2, 0.25) is 0 Å². The number of carbonyl (C=O) groups is 2. The van der Waals surface area contributed by atoms with Gasteiger partial charge in [0.1, 0.15) is 0 Å². The Kier molecular flexibility index (Phi) is 7.33. The molecule has 2 amide bonds. The summed E-state index contributed by atoms with van der Waals surface area (Å²) in [7, 11) is -3.94. The van der Waals surface area contributed by atoms with Gasteiger partial charge in [-0.05, 0) is 60.3 Å². The number of hydrogen-bond donors (Lipinski definition) is 3. The molecule has 0 aliphatic heterocycles. The quantitative estimate of drug-likeness (QED) is 0.263. The minimum Gasteiger partial charge on any atom is -0.332 e. The standard InChI is InChI=1S/C18H16N4O6S2/c1-12(23)21-30(27,28)16-9-5-14(6-10-16)19-18(29)20-17(24)11-4-13-2-7-15(8-3-13)22(25)26/h2-11H,1H3,(H,21,23)(H2,19,20,24,29)/b11-4+. The van der Waals surface area contributed by atoms with Crippen molar-refractivity contribution in [1.29, 1.82) is 0 Å². The van der Waals surface area contributed by atoms with Crippen LogP contribution in [-0.2, 0) is 19.6 Å². The zero-order chi connectivity index (χ0) is 22.3. The third kappa shape index (κ3) is 6.76. The van der Waals surface area contributed by atoms with E-state index in [4.69, 9.17) is 12.2 Å². The average Bonchev–Trinajstić information content (AvgIpc) is 2.66. The number of carbonyl (C=O) groups excluding carboxylic acids is 2. The maximum Gasteiger partial charge on any atom is 0.269 e. The Morgan fingerprint density at radius 1 is 1.07 bits per heavy atom. The Labute approximate surface area is 177 Å². The van der Waals surface area contributed by atoms with E-state index in [9.17, 15) is 28.1 Å². The van der Waals surface area contributed by atoms with Crippen LogP contribution >= 0.6 is 12.2 Å². The normalized spacial score (nSPS) is 11.0. The molecule has 3 N–H and O–H groups in total. The summed E-state index contributed by atoms with van der Waals surface area (Å²) in [6.45, 7) is 1.09. The second-order valence-electron chi connectivity index (χ2n) is 5.81. The van der Waals surface area contributed by atoms with Gasteiger partial charge in [-0.15, -0.1) is 0 Å². The number of anilines is 1. The summed E-state index contributed by atoms with van der Waals surface area (Å²) in [6, 6.07) is 11.0. The molecular formula is C18H16N4O6S2. The minimum atomic E-state index is -3.94. The van der Waals surface area contributed by atoms with Crippen molar-refractivity contribution in [2.45, 2.75) is 11.8 Å². The van der Waals surface area contributed by atoms with Gasteiger partial charge in [0.15, 0.2) is 5.11 Å². The van der Waals surface area contributed by atoms with Crippen molar-refractivity contribution in [3.63, 3.8) is 0 Å². The molecule has 0 atom stereocenters. The van der Waals surface area contributed by atoms with Gasteiger partial charge in [0, 0.05) is 30.8 Å². The Hall–Kier alpha value is -3.64. The second kappa shape index (κ2) is 9.71. The predicted molar refractivity (Wildman–Crippen MR) is 114 cm³/mol. The summed E-state index contributed by atoms with van der Waals surface area (Å²) in [6.07, 6.45) is 2.67. The minimum absolute atomic E-state index is 0.0224. The Balaban J connectivity index is 1.92. The van der Waals surface area contributed by atoms with Crippen LogP contribution in [0.3, 0.4) is 0 Å². The highest BCUT2D eigenvalue weighted by atomic mass is 32.2. The Morgan fingerprint density at radius 2 is 1.67 bits per heavy atom. The van der Waals surface area contributed by atoms with E-state index in [1.54, 1.807) is 0 Å². The first-order valence-corrected chi connectivity index (χ1v) is 10.1. The molecule has 0 saturated carbocycles. The molecule has 0 fully saturated rings. The molecule has 0 aliphatic carbocycles. The number of thiocarbonyl (C=S) groups is 1. The summed E-state index contributed by atoms with van der Waals surface area (Å²) in [5.74, 6) is -1.24. The highest BCUT2D eigenvalue weighted by Crippen LogP contribution is 2.14. The highest BCUT2D eigenvalue weighted by molar-refractivity contribution is 7.90. The molecule has 0 radical (unpaired) electrons. The fourth-order valence-electron chi connectivity index (χ4n) is 2.16. The molecule has 0 unspecified atom stereocenters. The molecular weight excluding hydrogens is 432 g/mol. The van der Waals surface area contributed by atoms with Crippen LogP contribution in [0.5, 0.6) is 0 Å². The third-order valence-electron chi connectivity index (χ3n) is 3.47. The smallest absolute Gasteiger partial charge is 0.269 e. The van der Waals surface area contributed by atoms with Crippen molar-refractivity contribution in [3.05, 3.63) is 70.3 Å². The average molecular weight is 448 g/mol. The largest absolute Gasteiger partial charge is 0.332 e. The van der Waals surface area contributed by atoms with Crippen LogP contribution in [0, 0.1) is 10.1 Å². The van der Waals surface area contributed by atoms with Crippen molar-refractivity contribution in [3.8, 4) is 0 Å². The first kappa shape index (κ1) is 22.6. The summed E-state index contributed by atoms with van der Waals surface area (Å²) in [4.78, 5) is 32.9. The fourth-order valence-corrected chi connectivity index (χ4v) is 3.37. The number of benzene rings is 2. The molecule has 2 rings (SSSR count). The monoisotopic (exact) mass is 448 g/mol. The molecule has 2 aromatic rings. The number of amides is 2. The first-order chi connectivity index (χ1) is 14.1. The first-order valence-electron chi connectivity index (χ1n) is 8.25. The molecule has 0 spiro atoms. The molecule has 30 heavy (non-hydrogen) atoms. The molecule has 156 valence electrons. The number of nitro groups is 1. The number of nitrogens with zero attached hydrogens (tertiary/aromatic N) is 1. The molecule has 12 heteroatoms. The van der Waals surface area contributed by atoms with Crippen LogP contribution in [0.15, 0.2) is 59.5 Å². The van der Waals surface area contributed by atoms with E-state index in [1.807, 2.05) is 4.72 Å². The SMILES string of the molecule is CC(=O)NS(=O)(=O)c1ccc(NC(=S)NC(=O)/C=C/c2ccc([N+](=O)[O-])cc2)cc1. The summed E-state index contributed by atoms with van der Waals surface area (Å²) in [5.41, 5.74) is 0.949. The number of sulfonamides is 1. The lowest BCUT2D eigenvalue weighted by molar-refractivity contribution is -0.384. The lowest BCUT2D eigenvalue weighted by atomic mass is 10.2. The summed E-state index contributed by atoms with van der Waals surface area (Å²) >= 11 is 5.03. The summed E-state index contributed by atoms with van der Waals surface area (Å²) in [5, 5.41) is 15.7. The van der Waals surface area contributed by atoms with Crippen LogP contribution in [0.1, 0.15) is 12.5 Å². The van der Waals surface area contributed by atoms with Crippen LogP contribution in [0.4, 0.5) is 11.4 Å². The van der Waals surface area contributed by atoms with Crippen LogP contribution in [-0.4, -0.2) is 30.3 Å². The number of nitro benzene ring substituents is 1. The van der Waals surface area contributed by atoms with Gasteiger partial charge in [0.05, 0.1) is 9.82 Å². The highest BCUT2D eigenvalue weighted by Gasteiger charge is 2.15. The van der Waals surface area contributed by atoms with Crippen molar-refractivity contribution in [2.24, 2.45) is 0 Å². The molecule has 0 heterocycles. The van der Waals surface area contributed by atoms with E-state index in [0.29, 0.717) is 11.3 Å². The zero-order valence-electron chi connectivity index (χ0n) is 15.5. The van der Waals surface area contributed by atoms with Crippen LogP contribution < -0.4 is 15.4 Å². The fraction of sp³-hybridized carbons (Fsp3) is 0.0556. The van der Waals surface area contributed by atoms with Crippen molar-refractivity contribution < 1.29 is 22.9 Å². The van der Waals surface area contributed by atoms with Gasteiger partial charge in [-0.25, -0.2) is 13.1 Å². The molecule has 0 aromatic heterocycles. The van der Waals surface area contributed by atoms with E-state index in [2.05, 4.69) is 10.6 Å². The van der Waals surface area contributed by atoms with Crippen LogP contribution in [0.25, 0.3) is 6.08 Å². The van der Waals surface area contributed by atoms with E-state index < -0.39 is 26.8 Å². The van der Waals surface area contributed by atoms with Gasteiger partial charge in [0.25, 0.3) is 15.7 Å². The third-order valence-corrected chi connectivity index (χ3v) is 5.12. The maximum absolute atomic E-state index is 11.9. The Bertz CT molecular complexity index is 1110. The molecule has 0 saturated heterocycles.